The summed E-state index contributed by atoms with van der Waals surface area (Å²) in [7, 11) is 0. The predicted molar refractivity (Wildman–Crippen MR) is 55.0 cm³/mol. The van der Waals surface area contributed by atoms with Crippen molar-refractivity contribution in [1.82, 2.24) is 15.4 Å². The molecular formula is C9H12BrN3. The van der Waals surface area contributed by atoms with Gasteiger partial charge in [-0.15, -0.1) is 0 Å². The summed E-state index contributed by atoms with van der Waals surface area (Å²) in [5, 5.41) is 2.23. The summed E-state index contributed by atoms with van der Waals surface area (Å²) in [6, 6.07) is 2.10. The van der Waals surface area contributed by atoms with Crippen LogP contribution in [0.25, 0.3) is 0 Å². The Morgan fingerprint density at radius 1 is 1.54 bits per heavy atom. The van der Waals surface area contributed by atoms with Crippen molar-refractivity contribution >= 4 is 15.9 Å². The molecule has 1 N–H and O–H groups in total. The van der Waals surface area contributed by atoms with Crippen LogP contribution in [0.5, 0.6) is 0 Å². The Kier molecular flexibility index (Phi) is 2.93. The van der Waals surface area contributed by atoms with Gasteiger partial charge in [0.15, 0.2) is 0 Å². The van der Waals surface area contributed by atoms with E-state index in [2.05, 4.69) is 37.4 Å². The van der Waals surface area contributed by atoms with Gasteiger partial charge in [0.25, 0.3) is 0 Å². The van der Waals surface area contributed by atoms with Crippen molar-refractivity contribution in [2.75, 3.05) is 13.1 Å². The van der Waals surface area contributed by atoms with Crippen molar-refractivity contribution in [3.63, 3.8) is 0 Å². The first-order valence-electron chi connectivity index (χ1n) is 4.42. The monoisotopic (exact) mass is 241 g/mol. The first-order valence-corrected chi connectivity index (χ1v) is 5.22. The average molecular weight is 242 g/mol. The third kappa shape index (κ3) is 2.49. The second-order valence-electron chi connectivity index (χ2n) is 3.19. The smallest absolute Gasteiger partial charge is 0.0410 e. The lowest BCUT2D eigenvalue weighted by molar-refractivity contribution is 0.244. The highest BCUT2D eigenvalue weighted by molar-refractivity contribution is 9.10. The van der Waals surface area contributed by atoms with Crippen molar-refractivity contribution in [3.8, 4) is 0 Å². The minimum Gasteiger partial charge on any atom is -0.263 e. The van der Waals surface area contributed by atoms with Crippen LogP contribution in [0.4, 0.5) is 0 Å². The van der Waals surface area contributed by atoms with Gasteiger partial charge >= 0.3 is 0 Å². The average Bonchev–Trinajstić information content (AvgIpc) is 2.57. The van der Waals surface area contributed by atoms with Crippen LogP contribution in [0.15, 0.2) is 22.9 Å². The predicted octanol–water partition coefficient (Wildman–Crippen LogP) is 1.55. The molecule has 1 aliphatic rings. The van der Waals surface area contributed by atoms with Gasteiger partial charge < -0.3 is 0 Å². The van der Waals surface area contributed by atoms with Gasteiger partial charge in [-0.2, -0.15) is 0 Å². The van der Waals surface area contributed by atoms with E-state index in [4.69, 9.17) is 0 Å². The maximum atomic E-state index is 4.12. The van der Waals surface area contributed by atoms with Crippen LogP contribution in [-0.2, 0) is 6.54 Å². The molecule has 1 aliphatic heterocycles. The second kappa shape index (κ2) is 4.17. The van der Waals surface area contributed by atoms with Gasteiger partial charge in [-0.05, 0) is 34.0 Å². The molecular weight excluding hydrogens is 230 g/mol. The topological polar surface area (TPSA) is 28.2 Å². The molecule has 2 rings (SSSR count). The molecule has 3 nitrogen and oxygen atoms in total. The number of nitrogens with zero attached hydrogens (tertiary/aromatic N) is 2. The van der Waals surface area contributed by atoms with Gasteiger partial charge in [0.2, 0.25) is 0 Å². The fourth-order valence-corrected chi connectivity index (χ4v) is 1.90. The molecule has 0 aliphatic carbocycles. The van der Waals surface area contributed by atoms with Gasteiger partial charge in [0, 0.05) is 36.5 Å². The largest absolute Gasteiger partial charge is 0.263 e. The third-order valence-electron chi connectivity index (χ3n) is 2.08. The molecule has 1 fully saturated rings. The van der Waals surface area contributed by atoms with Crippen LogP contribution in [-0.4, -0.2) is 23.1 Å². The standard InChI is InChI=1S/C9H12BrN3/c10-9-4-8(5-11-6-9)7-13-3-1-2-12-13/h4-6,12H,1-3,7H2. The maximum Gasteiger partial charge on any atom is 0.0410 e. The van der Waals surface area contributed by atoms with E-state index in [1.165, 1.54) is 12.0 Å². The molecule has 0 unspecified atom stereocenters. The zero-order chi connectivity index (χ0) is 9.10. The molecule has 0 aromatic carbocycles. The summed E-state index contributed by atoms with van der Waals surface area (Å²) >= 11 is 3.41. The van der Waals surface area contributed by atoms with E-state index in [9.17, 15) is 0 Å². The number of halogens is 1. The molecule has 4 heteroatoms. The summed E-state index contributed by atoms with van der Waals surface area (Å²) in [5.41, 5.74) is 4.55. The van der Waals surface area contributed by atoms with Crippen LogP contribution < -0.4 is 5.43 Å². The molecule has 2 heterocycles. The first kappa shape index (κ1) is 9.12. The number of nitrogens with one attached hydrogen (secondary N) is 1. The molecule has 1 aromatic heterocycles. The van der Waals surface area contributed by atoms with Gasteiger partial charge in [-0.1, -0.05) is 0 Å². The van der Waals surface area contributed by atoms with Gasteiger partial charge in [0.05, 0.1) is 0 Å². The molecule has 70 valence electrons. The van der Waals surface area contributed by atoms with Crippen molar-refractivity contribution in [2.45, 2.75) is 13.0 Å². The Balaban J connectivity index is 2.00. The Morgan fingerprint density at radius 2 is 2.46 bits per heavy atom. The fraction of sp³-hybridized carbons (Fsp3) is 0.444. The van der Waals surface area contributed by atoms with E-state index in [0.29, 0.717) is 0 Å². The van der Waals surface area contributed by atoms with Gasteiger partial charge in [-0.3, -0.25) is 10.4 Å². The zero-order valence-corrected chi connectivity index (χ0v) is 8.92. The van der Waals surface area contributed by atoms with Gasteiger partial charge in [0.1, 0.15) is 0 Å². The second-order valence-corrected chi connectivity index (χ2v) is 4.11. The van der Waals surface area contributed by atoms with Crippen molar-refractivity contribution in [3.05, 3.63) is 28.5 Å². The van der Waals surface area contributed by atoms with E-state index in [-0.39, 0.29) is 0 Å². The molecule has 0 radical (unpaired) electrons. The molecule has 0 atom stereocenters. The van der Waals surface area contributed by atoms with E-state index in [1.54, 1.807) is 6.20 Å². The lowest BCUT2D eigenvalue weighted by atomic mass is 10.3. The van der Waals surface area contributed by atoms with E-state index in [1.807, 2.05) is 6.20 Å². The minimum absolute atomic E-state index is 0.937. The summed E-state index contributed by atoms with van der Waals surface area (Å²) in [6.45, 7) is 3.17. The Hall–Kier alpha value is -0.450. The lowest BCUT2D eigenvalue weighted by Crippen LogP contribution is -2.29. The normalized spacial score (nSPS) is 17.9. The Morgan fingerprint density at radius 3 is 3.15 bits per heavy atom. The summed E-state index contributed by atoms with van der Waals surface area (Å²) in [6.07, 6.45) is 4.95. The highest BCUT2D eigenvalue weighted by atomic mass is 79.9. The number of pyridine rings is 1. The Labute approximate surface area is 86.3 Å². The summed E-state index contributed by atoms with van der Waals surface area (Å²) < 4.78 is 1.05. The molecule has 1 saturated heterocycles. The van der Waals surface area contributed by atoms with Crippen molar-refractivity contribution in [1.29, 1.82) is 0 Å². The molecule has 0 spiro atoms. The lowest BCUT2D eigenvalue weighted by Gasteiger charge is -2.14. The van der Waals surface area contributed by atoms with Crippen LogP contribution in [0.3, 0.4) is 0 Å². The highest BCUT2D eigenvalue weighted by Crippen LogP contribution is 2.11. The third-order valence-corrected chi connectivity index (χ3v) is 2.51. The van der Waals surface area contributed by atoms with Gasteiger partial charge in [-0.25, -0.2) is 5.01 Å². The fourth-order valence-electron chi connectivity index (χ4n) is 1.48. The Bertz CT molecular complexity index is 284. The molecule has 0 bridgehead atoms. The van der Waals surface area contributed by atoms with Crippen LogP contribution in [0.2, 0.25) is 0 Å². The van der Waals surface area contributed by atoms with Crippen LogP contribution in [0.1, 0.15) is 12.0 Å². The SMILES string of the molecule is Brc1cncc(CN2CCCN2)c1. The number of hydrazine groups is 1. The van der Waals surface area contributed by atoms with Crippen molar-refractivity contribution in [2.24, 2.45) is 0 Å². The maximum absolute atomic E-state index is 4.12. The van der Waals surface area contributed by atoms with E-state index >= 15 is 0 Å². The summed E-state index contributed by atoms with van der Waals surface area (Å²) in [5.74, 6) is 0. The first-order chi connectivity index (χ1) is 6.34. The number of aromatic nitrogens is 1. The highest BCUT2D eigenvalue weighted by Gasteiger charge is 2.10. The van der Waals surface area contributed by atoms with E-state index < -0.39 is 0 Å². The zero-order valence-electron chi connectivity index (χ0n) is 7.33. The van der Waals surface area contributed by atoms with E-state index in [0.717, 1.165) is 24.1 Å². The quantitative estimate of drug-likeness (QED) is 0.852. The summed E-state index contributed by atoms with van der Waals surface area (Å²) in [4.78, 5) is 4.12. The molecule has 1 aromatic rings. The number of hydrogen-bond acceptors (Lipinski definition) is 3. The molecule has 0 saturated carbocycles. The molecule has 0 amide bonds. The molecule has 13 heavy (non-hydrogen) atoms. The van der Waals surface area contributed by atoms with Crippen molar-refractivity contribution < 1.29 is 0 Å². The minimum atomic E-state index is 0.937. The van der Waals surface area contributed by atoms with Crippen LogP contribution >= 0.6 is 15.9 Å². The number of hydrogen-bond donors (Lipinski definition) is 1. The number of rotatable bonds is 2. The van der Waals surface area contributed by atoms with Crippen LogP contribution in [0, 0.1) is 0 Å².